The van der Waals surface area contributed by atoms with E-state index in [-0.39, 0.29) is 0 Å². The summed E-state index contributed by atoms with van der Waals surface area (Å²) in [5.74, 6) is 1.42. The van der Waals surface area contributed by atoms with Crippen molar-refractivity contribution in [2.24, 2.45) is 17.3 Å². The smallest absolute Gasteiger partial charge is 0.139 e. The van der Waals surface area contributed by atoms with Gasteiger partial charge in [-0.2, -0.15) is 0 Å². The summed E-state index contributed by atoms with van der Waals surface area (Å²) in [6.07, 6.45) is 7.29. The van der Waals surface area contributed by atoms with E-state index in [1.807, 2.05) is 0 Å². The fraction of sp³-hybridized carbons (Fsp3) is 0.917. The maximum atomic E-state index is 12.0. The van der Waals surface area contributed by atoms with E-state index >= 15 is 0 Å². The predicted octanol–water partition coefficient (Wildman–Crippen LogP) is 3.18. The second-order valence-electron chi connectivity index (χ2n) is 5.46. The van der Waals surface area contributed by atoms with Gasteiger partial charge in [-0.1, -0.05) is 26.7 Å². The van der Waals surface area contributed by atoms with Crippen molar-refractivity contribution < 1.29 is 4.79 Å². The molecule has 0 spiro atoms. The summed E-state index contributed by atoms with van der Waals surface area (Å²) in [5, 5.41) is 0. The predicted molar refractivity (Wildman–Crippen MR) is 53.5 cm³/mol. The molecule has 0 aromatic rings. The highest BCUT2D eigenvalue weighted by molar-refractivity contribution is 5.85. The van der Waals surface area contributed by atoms with Crippen LogP contribution in [0.3, 0.4) is 0 Å². The molecule has 2 fully saturated rings. The molecule has 74 valence electrons. The van der Waals surface area contributed by atoms with Crippen molar-refractivity contribution in [1.82, 2.24) is 0 Å². The topological polar surface area (TPSA) is 17.1 Å². The number of carbonyl (C=O) groups is 1. The number of carbonyl (C=O) groups excluding carboxylic acids is 1. The molecular weight excluding hydrogens is 160 g/mol. The Morgan fingerprint density at radius 2 is 1.85 bits per heavy atom. The Morgan fingerprint density at radius 3 is 2.23 bits per heavy atom. The monoisotopic (exact) mass is 180 g/mol. The minimum atomic E-state index is 0.298. The van der Waals surface area contributed by atoms with Crippen LogP contribution in [0.15, 0.2) is 0 Å². The highest BCUT2D eigenvalue weighted by Gasteiger charge is 2.42. The van der Waals surface area contributed by atoms with Gasteiger partial charge < -0.3 is 0 Å². The van der Waals surface area contributed by atoms with E-state index in [4.69, 9.17) is 0 Å². The lowest BCUT2D eigenvalue weighted by molar-refractivity contribution is -0.131. The Hall–Kier alpha value is -0.330. The van der Waals surface area contributed by atoms with Crippen LogP contribution < -0.4 is 0 Å². The van der Waals surface area contributed by atoms with Crippen molar-refractivity contribution in [3.8, 4) is 0 Å². The normalized spacial score (nSPS) is 32.9. The van der Waals surface area contributed by atoms with Gasteiger partial charge in [0, 0.05) is 11.8 Å². The average Bonchev–Trinajstić information content (AvgIpc) is 2.25. The zero-order chi connectivity index (χ0) is 9.47. The minimum absolute atomic E-state index is 0.298. The van der Waals surface area contributed by atoms with Crippen LogP contribution in [0.4, 0.5) is 0 Å². The Balaban J connectivity index is 2.02. The third-order valence-electron chi connectivity index (χ3n) is 4.11. The molecule has 0 N–H and O–H groups in total. The molecule has 1 atom stereocenters. The van der Waals surface area contributed by atoms with Crippen LogP contribution >= 0.6 is 0 Å². The number of hydrogen-bond donors (Lipinski definition) is 0. The summed E-state index contributed by atoms with van der Waals surface area (Å²) < 4.78 is 0. The molecule has 2 saturated carbocycles. The number of hydrogen-bond acceptors (Lipinski definition) is 1. The summed E-state index contributed by atoms with van der Waals surface area (Å²) in [6.45, 7) is 4.53. The summed E-state index contributed by atoms with van der Waals surface area (Å²) in [7, 11) is 0. The van der Waals surface area contributed by atoms with E-state index in [9.17, 15) is 4.79 Å². The molecule has 0 amide bonds. The Labute approximate surface area is 80.9 Å². The number of ketones is 1. The van der Waals surface area contributed by atoms with Crippen LogP contribution in [0.25, 0.3) is 0 Å². The standard InChI is InChI=1S/C12H20O/c1-12(2)8-4-7-10(12)11(13)9-5-3-6-9/h9-10H,3-8H2,1-2H3. The van der Waals surface area contributed by atoms with Gasteiger partial charge in [-0.05, 0) is 31.1 Å². The first kappa shape index (κ1) is 9.23. The number of Topliss-reactive ketones (excluding diaryl/α,β-unsaturated/α-hetero) is 1. The van der Waals surface area contributed by atoms with Crippen LogP contribution in [-0.4, -0.2) is 5.78 Å². The van der Waals surface area contributed by atoms with E-state index in [0.29, 0.717) is 23.0 Å². The lowest BCUT2D eigenvalue weighted by atomic mass is 9.71. The third kappa shape index (κ3) is 1.53. The fourth-order valence-electron chi connectivity index (χ4n) is 2.83. The van der Waals surface area contributed by atoms with Gasteiger partial charge in [-0.3, -0.25) is 4.79 Å². The number of rotatable bonds is 2. The summed E-state index contributed by atoms with van der Waals surface area (Å²) in [5.41, 5.74) is 0.298. The van der Waals surface area contributed by atoms with Gasteiger partial charge in [0.25, 0.3) is 0 Å². The highest BCUT2D eigenvalue weighted by Crippen LogP contribution is 2.46. The average molecular weight is 180 g/mol. The highest BCUT2D eigenvalue weighted by atomic mass is 16.1. The first-order chi connectivity index (χ1) is 6.11. The van der Waals surface area contributed by atoms with Gasteiger partial charge in [-0.25, -0.2) is 0 Å². The molecule has 2 rings (SSSR count). The van der Waals surface area contributed by atoms with Crippen molar-refractivity contribution in [2.75, 3.05) is 0 Å². The van der Waals surface area contributed by atoms with E-state index < -0.39 is 0 Å². The van der Waals surface area contributed by atoms with E-state index in [1.165, 1.54) is 32.1 Å². The molecule has 0 heterocycles. The molecule has 13 heavy (non-hydrogen) atoms. The molecule has 2 aliphatic rings. The zero-order valence-electron chi connectivity index (χ0n) is 8.81. The Kier molecular flexibility index (Phi) is 2.21. The lowest BCUT2D eigenvalue weighted by Gasteiger charge is -2.32. The molecule has 0 radical (unpaired) electrons. The first-order valence-electron chi connectivity index (χ1n) is 5.65. The van der Waals surface area contributed by atoms with Crippen molar-refractivity contribution in [2.45, 2.75) is 52.4 Å². The van der Waals surface area contributed by atoms with Gasteiger partial charge in [0.05, 0.1) is 0 Å². The molecule has 0 aromatic carbocycles. The van der Waals surface area contributed by atoms with Crippen LogP contribution in [0.1, 0.15) is 52.4 Å². The molecule has 0 saturated heterocycles. The van der Waals surface area contributed by atoms with Gasteiger partial charge in [0.1, 0.15) is 5.78 Å². The minimum Gasteiger partial charge on any atom is -0.299 e. The van der Waals surface area contributed by atoms with E-state index in [1.54, 1.807) is 0 Å². The van der Waals surface area contributed by atoms with Crippen molar-refractivity contribution in [3.63, 3.8) is 0 Å². The Morgan fingerprint density at radius 1 is 1.15 bits per heavy atom. The molecule has 2 aliphatic carbocycles. The zero-order valence-corrected chi connectivity index (χ0v) is 8.81. The van der Waals surface area contributed by atoms with Gasteiger partial charge in [0.2, 0.25) is 0 Å². The second kappa shape index (κ2) is 3.11. The van der Waals surface area contributed by atoms with Crippen LogP contribution in [-0.2, 0) is 4.79 Å². The van der Waals surface area contributed by atoms with Crippen LogP contribution in [0, 0.1) is 17.3 Å². The van der Waals surface area contributed by atoms with Gasteiger partial charge in [-0.15, -0.1) is 0 Å². The van der Waals surface area contributed by atoms with Crippen molar-refractivity contribution in [1.29, 1.82) is 0 Å². The Bertz CT molecular complexity index is 213. The van der Waals surface area contributed by atoms with Gasteiger partial charge >= 0.3 is 0 Å². The summed E-state index contributed by atoms with van der Waals surface area (Å²) in [6, 6.07) is 0. The van der Waals surface area contributed by atoms with Crippen LogP contribution in [0.5, 0.6) is 0 Å². The second-order valence-corrected chi connectivity index (χ2v) is 5.46. The van der Waals surface area contributed by atoms with E-state index in [0.717, 1.165) is 6.42 Å². The van der Waals surface area contributed by atoms with Crippen LogP contribution in [0.2, 0.25) is 0 Å². The molecule has 1 unspecified atom stereocenters. The molecule has 0 bridgehead atoms. The molecule has 0 aromatic heterocycles. The maximum absolute atomic E-state index is 12.0. The molecule has 0 aliphatic heterocycles. The summed E-state index contributed by atoms with van der Waals surface area (Å²) in [4.78, 5) is 12.0. The van der Waals surface area contributed by atoms with Gasteiger partial charge in [0.15, 0.2) is 0 Å². The fourth-order valence-corrected chi connectivity index (χ4v) is 2.83. The molecule has 1 nitrogen and oxygen atoms in total. The third-order valence-corrected chi connectivity index (χ3v) is 4.11. The first-order valence-corrected chi connectivity index (χ1v) is 5.65. The SMILES string of the molecule is CC1(C)CCCC1C(=O)C1CCC1. The molecule has 1 heteroatoms. The van der Waals surface area contributed by atoms with Crippen molar-refractivity contribution in [3.05, 3.63) is 0 Å². The quantitative estimate of drug-likeness (QED) is 0.638. The maximum Gasteiger partial charge on any atom is 0.139 e. The lowest BCUT2D eigenvalue weighted by Crippen LogP contribution is -2.34. The van der Waals surface area contributed by atoms with Crippen molar-refractivity contribution >= 4 is 5.78 Å². The molecular formula is C12H20O. The van der Waals surface area contributed by atoms with E-state index in [2.05, 4.69) is 13.8 Å². The summed E-state index contributed by atoms with van der Waals surface area (Å²) >= 11 is 0. The largest absolute Gasteiger partial charge is 0.299 e.